The van der Waals surface area contributed by atoms with E-state index in [1.165, 1.54) is 0 Å². The second-order valence-corrected chi connectivity index (χ2v) is 7.36. The summed E-state index contributed by atoms with van der Waals surface area (Å²) in [6, 6.07) is 6.32. The van der Waals surface area contributed by atoms with Gasteiger partial charge < -0.3 is 0 Å². The topological polar surface area (TPSA) is 51.2 Å². The van der Waals surface area contributed by atoms with Gasteiger partial charge in [-0.2, -0.15) is 0 Å². The van der Waals surface area contributed by atoms with E-state index in [0.29, 0.717) is 23.4 Å². The van der Waals surface area contributed by atoms with Crippen LogP contribution < -0.4 is 0 Å². The van der Waals surface area contributed by atoms with Crippen LogP contribution in [0.1, 0.15) is 36.0 Å². The monoisotopic (exact) mass is 286 g/mol. The average molecular weight is 287 g/mol. The van der Waals surface area contributed by atoms with E-state index >= 15 is 0 Å². The molecule has 18 heavy (non-hydrogen) atoms. The molecule has 0 amide bonds. The van der Waals surface area contributed by atoms with Crippen LogP contribution in [0, 0.1) is 0 Å². The van der Waals surface area contributed by atoms with Crippen LogP contribution in [0.15, 0.2) is 24.3 Å². The van der Waals surface area contributed by atoms with Crippen molar-refractivity contribution in [1.29, 1.82) is 0 Å². The predicted octanol–water partition coefficient (Wildman–Crippen LogP) is 2.88. The molecule has 0 unspecified atom stereocenters. The van der Waals surface area contributed by atoms with Gasteiger partial charge in [-0.25, -0.2) is 8.42 Å². The summed E-state index contributed by atoms with van der Waals surface area (Å²) in [6.07, 6.45) is 3.27. The van der Waals surface area contributed by atoms with Crippen LogP contribution in [-0.4, -0.2) is 25.2 Å². The molecule has 2 rings (SSSR count). The number of benzene rings is 1. The van der Waals surface area contributed by atoms with E-state index in [1.807, 2.05) is 0 Å². The summed E-state index contributed by atoms with van der Waals surface area (Å²) in [7, 11) is -3.30. The molecule has 0 saturated heterocycles. The minimum atomic E-state index is -3.30. The van der Waals surface area contributed by atoms with E-state index in [9.17, 15) is 13.2 Å². The molecule has 1 fully saturated rings. The molecule has 0 radical (unpaired) electrons. The number of ketones is 1. The number of hydrogen-bond donors (Lipinski definition) is 0. The van der Waals surface area contributed by atoms with Crippen LogP contribution in [0.5, 0.6) is 0 Å². The van der Waals surface area contributed by atoms with Gasteiger partial charge >= 0.3 is 0 Å². The summed E-state index contributed by atoms with van der Waals surface area (Å²) in [5.74, 6) is -0.738. The van der Waals surface area contributed by atoms with Crippen molar-refractivity contribution < 1.29 is 13.2 Å². The van der Waals surface area contributed by atoms with Gasteiger partial charge in [0.25, 0.3) is 0 Å². The maximum absolute atomic E-state index is 12.0. The van der Waals surface area contributed by atoms with Crippen molar-refractivity contribution >= 4 is 27.2 Å². The number of carbonyl (C=O) groups excluding carboxylic acids is 1. The third-order valence-electron chi connectivity index (χ3n) is 3.31. The molecule has 0 aromatic heterocycles. The Bertz CT molecular complexity index is 528. The predicted molar refractivity (Wildman–Crippen MR) is 71.8 cm³/mol. The van der Waals surface area contributed by atoms with Crippen LogP contribution in [-0.2, 0) is 9.84 Å². The minimum absolute atomic E-state index is 0.325. The number of Topliss-reactive ketones (excluding diaryl/α,β-unsaturated/α-hetero) is 1. The first kappa shape index (κ1) is 13.6. The summed E-state index contributed by atoms with van der Waals surface area (Å²) in [4.78, 5) is 11.9. The molecule has 3 nitrogen and oxygen atoms in total. The highest BCUT2D eigenvalue weighted by atomic mass is 35.5. The highest BCUT2D eigenvalue weighted by Crippen LogP contribution is 2.25. The zero-order valence-corrected chi connectivity index (χ0v) is 11.5. The largest absolute Gasteiger partial charge is 0.293 e. The third-order valence-corrected chi connectivity index (χ3v) is 5.71. The molecule has 0 spiro atoms. The normalized spacial score (nSPS) is 16.9. The van der Waals surface area contributed by atoms with Crippen LogP contribution in [0.4, 0.5) is 0 Å². The van der Waals surface area contributed by atoms with Crippen LogP contribution >= 0.6 is 11.6 Å². The lowest BCUT2D eigenvalue weighted by molar-refractivity contribution is 0.102. The molecule has 1 aliphatic rings. The van der Waals surface area contributed by atoms with Crippen molar-refractivity contribution in [2.24, 2.45) is 0 Å². The van der Waals surface area contributed by atoms with Gasteiger partial charge in [-0.05, 0) is 37.1 Å². The summed E-state index contributed by atoms with van der Waals surface area (Å²) in [5, 5.41) is 0.207. The molecule has 1 aromatic rings. The fourth-order valence-corrected chi connectivity index (χ4v) is 4.21. The minimum Gasteiger partial charge on any atom is -0.293 e. The second-order valence-electron chi connectivity index (χ2n) is 4.64. The molecule has 0 bridgehead atoms. The van der Waals surface area contributed by atoms with Crippen LogP contribution in [0.2, 0.25) is 5.02 Å². The summed E-state index contributed by atoms with van der Waals surface area (Å²) < 4.78 is 24.1. The highest BCUT2D eigenvalue weighted by molar-refractivity contribution is 7.92. The van der Waals surface area contributed by atoms with Crippen LogP contribution in [0.3, 0.4) is 0 Å². The van der Waals surface area contributed by atoms with Gasteiger partial charge in [0.15, 0.2) is 15.6 Å². The molecule has 1 aliphatic carbocycles. The molecule has 0 aliphatic heterocycles. The van der Waals surface area contributed by atoms with Crippen molar-refractivity contribution in [3.8, 4) is 0 Å². The fourth-order valence-electron chi connectivity index (χ4n) is 2.27. The Hall–Kier alpha value is -0.870. The molecule has 1 saturated carbocycles. The Labute approximate surface area is 112 Å². The number of hydrogen-bond acceptors (Lipinski definition) is 3. The third kappa shape index (κ3) is 3.12. The molecule has 0 atom stereocenters. The van der Waals surface area contributed by atoms with Crippen molar-refractivity contribution in [2.75, 3.05) is 5.75 Å². The number of sulfone groups is 1. The zero-order chi connectivity index (χ0) is 13.2. The summed E-state index contributed by atoms with van der Waals surface area (Å²) in [5.41, 5.74) is 0.404. The molecule has 0 heterocycles. The lowest BCUT2D eigenvalue weighted by Crippen LogP contribution is -2.25. The van der Waals surface area contributed by atoms with Crippen molar-refractivity contribution in [2.45, 2.75) is 30.9 Å². The zero-order valence-electron chi connectivity index (χ0n) is 9.93. The first-order chi connectivity index (χ1) is 8.49. The molecule has 98 valence electrons. The van der Waals surface area contributed by atoms with E-state index < -0.39 is 9.84 Å². The van der Waals surface area contributed by atoms with Gasteiger partial charge in [0.2, 0.25) is 0 Å². The number of carbonyl (C=O) groups is 1. The van der Waals surface area contributed by atoms with Gasteiger partial charge in [-0.1, -0.05) is 24.4 Å². The molecular formula is C13H15ClO3S. The standard InChI is InChI=1S/C13H15ClO3S/c14-11-7-5-10(6-8-11)13(15)9-18(16,17)12-3-1-2-4-12/h5-8,12H,1-4,9H2. The summed E-state index contributed by atoms with van der Waals surface area (Å²) >= 11 is 5.72. The van der Waals surface area contributed by atoms with E-state index in [1.54, 1.807) is 24.3 Å². The van der Waals surface area contributed by atoms with Gasteiger partial charge in [0, 0.05) is 10.6 Å². The molecular weight excluding hydrogens is 272 g/mol. The van der Waals surface area contributed by atoms with E-state index in [2.05, 4.69) is 0 Å². The van der Waals surface area contributed by atoms with Crippen LogP contribution in [0.25, 0.3) is 0 Å². The Kier molecular flexibility index (Phi) is 4.07. The maximum Gasteiger partial charge on any atom is 0.177 e. The first-order valence-electron chi connectivity index (χ1n) is 5.99. The smallest absolute Gasteiger partial charge is 0.177 e. The lowest BCUT2D eigenvalue weighted by atomic mass is 10.1. The van der Waals surface area contributed by atoms with Gasteiger partial charge in [-0.3, -0.25) is 4.79 Å². The number of halogens is 1. The van der Waals surface area contributed by atoms with Crippen molar-refractivity contribution in [3.63, 3.8) is 0 Å². The molecule has 0 N–H and O–H groups in total. The van der Waals surface area contributed by atoms with E-state index in [4.69, 9.17) is 11.6 Å². The SMILES string of the molecule is O=C(CS(=O)(=O)C1CCCC1)c1ccc(Cl)cc1. The Morgan fingerprint density at radius 1 is 1.17 bits per heavy atom. The Morgan fingerprint density at radius 3 is 2.28 bits per heavy atom. The fraction of sp³-hybridized carbons (Fsp3) is 0.462. The van der Waals surface area contributed by atoms with E-state index in [-0.39, 0.29) is 16.8 Å². The van der Waals surface area contributed by atoms with Gasteiger partial charge in [0.05, 0.1) is 5.25 Å². The average Bonchev–Trinajstić information content (AvgIpc) is 2.83. The molecule has 1 aromatic carbocycles. The number of rotatable bonds is 4. The van der Waals surface area contributed by atoms with Gasteiger partial charge in [-0.15, -0.1) is 0 Å². The lowest BCUT2D eigenvalue weighted by Gasteiger charge is -2.10. The quantitative estimate of drug-likeness (QED) is 0.800. The second kappa shape index (κ2) is 5.41. The van der Waals surface area contributed by atoms with E-state index in [0.717, 1.165) is 12.8 Å². The van der Waals surface area contributed by atoms with Crippen molar-refractivity contribution in [3.05, 3.63) is 34.9 Å². The Balaban J connectivity index is 2.09. The summed E-state index contributed by atoms with van der Waals surface area (Å²) in [6.45, 7) is 0. The maximum atomic E-state index is 12.0. The Morgan fingerprint density at radius 2 is 1.72 bits per heavy atom. The highest BCUT2D eigenvalue weighted by Gasteiger charge is 2.30. The van der Waals surface area contributed by atoms with Crippen molar-refractivity contribution in [1.82, 2.24) is 0 Å². The molecule has 5 heteroatoms. The first-order valence-corrected chi connectivity index (χ1v) is 8.09. The van der Waals surface area contributed by atoms with Gasteiger partial charge in [0.1, 0.15) is 5.75 Å².